The van der Waals surface area contributed by atoms with Gasteiger partial charge < -0.3 is 0 Å². The third-order valence-electron chi connectivity index (χ3n) is 4.18. The Bertz CT molecular complexity index is 568. The second-order valence-corrected chi connectivity index (χ2v) is 5.27. The van der Waals surface area contributed by atoms with Gasteiger partial charge >= 0.3 is 0 Å². The van der Waals surface area contributed by atoms with Gasteiger partial charge in [-0.15, -0.1) is 0 Å². The largest absolute Gasteiger partial charge is 0.294 e. The summed E-state index contributed by atoms with van der Waals surface area (Å²) in [5.41, 5.74) is 2.74. The zero-order valence-corrected chi connectivity index (χ0v) is 12.5. The maximum Gasteiger partial charge on any atom is 0.193 e. The van der Waals surface area contributed by atoms with Crippen LogP contribution in [0.4, 0.5) is 5.69 Å². The van der Waals surface area contributed by atoms with E-state index in [-0.39, 0.29) is 5.78 Å². The smallest absolute Gasteiger partial charge is 0.193 e. The predicted octanol–water partition coefficient (Wildman–Crippen LogP) is 3.89. The Morgan fingerprint density at radius 1 is 0.850 bits per heavy atom. The highest BCUT2D eigenvalue weighted by molar-refractivity contribution is 6.09. The molecule has 20 heavy (non-hydrogen) atoms. The molecule has 104 valence electrons. The molecule has 0 saturated heterocycles. The molecule has 2 rings (SSSR count). The van der Waals surface area contributed by atoms with Crippen molar-refractivity contribution in [3.8, 4) is 0 Å². The minimum atomic E-state index is 0.0827. The minimum absolute atomic E-state index is 0.0827. The van der Waals surface area contributed by atoms with Crippen LogP contribution in [-0.4, -0.2) is 25.9 Å². The monoisotopic (exact) mass is 268 g/mol. The summed E-state index contributed by atoms with van der Waals surface area (Å²) >= 11 is 0. The number of nitrogens with zero attached hydrogens (tertiary/aromatic N) is 1. The highest BCUT2D eigenvalue weighted by atomic mass is 16.1. The molecule has 0 bridgehead atoms. The van der Waals surface area contributed by atoms with Crippen LogP contribution >= 0.6 is 0 Å². The average Bonchev–Trinajstić information content (AvgIpc) is 2.54. The first kappa shape index (κ1) is 14.5. The van der Waals surface area contributed by atoms with Crippen molar-refractivity contribution in [2.45, 2.75) is 13.8 Å². The Kier molecular flexibility index (Phi) is 4.35. The van der Waals surface area contributed by atoms with Crippen molar-refractivity contribution in [3.63, 3.8) is 0 Å². The van der Waals surface area contributed by atoms with E-state index in [1.54, 1.807) is 0 Å². The van der Waals surface area contributed by atoms with Crippen LogP contribution in [0.25, 0.3) is 0 Å². The lowest BCUT2D eigenvalue weighted by atomic mass is 10.0. The van der Waals surface area contributed by atoms with Gasteiger partial charge in [-0.1, -0.05) is 30.3 Å². The molecule has 0 fully saturated rings. The predicted molar refractivity (Wildman–Crippen MR) is 85.1 cm³/mol. The van der Waals surface area contributed by atoms with E-state index in [4.69, 9.17) is 0 Å². The lowest BCUT2D eigenvalue weighted by Gasteiger charge is -2.31. The van der Waals surface area contributed by atoms with Gasteiger partial charge in [0.2, 0.25) is 0 Å². The van der Waals surface area contributed by atoms with Gasteiger partial charge in [0.05, 0.1) is 20.1 Å². The molecule has 0 aromatic heterocycles. The Hall–Kier alpha value is -1.93. The third kappa shape index (κ3) is 2.81. The molecular weight excluding hydrogens is 246 g/mol. The Balaban J connectivity index is 2.27. The number of quaternary nitrogens is 1. The maximum atomic E-state index is 12.3. The van der Waals surface area contributed by atoms with Crippen LogP contribution in [0.1, 0.15) is 29.8 Å². The van der Waals surface area contributed by atoms with E-state index >= 15 is 0 Å². The van der Waals surface area contributed by atoms with Gasteiger partial charge in [-0.3, -0.25) is 9.28 Å². The van der Waals surface area contributed by atoms with Crippen molar-refractivity contribution in [1.82, 2.24) is 4.48 Å². The second-order valence-electron chi connectivity index (χ2n) is 5.27. The highest BCUT2D eigenvalue weighted by Crippen LogP contribution is 2.22. The van der Waals surface area contributed by atoms with Crippen molar-refractivity contribution in [3.05, 3.63) is 65.7 Å². The number of rotatable bonds is 5. The molecule has 2 heteroatoms. The summed E-state index contributed by atoms with van der Waals surface area (Å²) in [7, 11) is 2.22. The number of carbonyl (C=O) groups excluding carboxylic acids is 1. The molecule has 0 amide bonds. The summed E-state index contributed by atoms with van der Waals surface area (Å²) in [6.45, 7) is 6.46. The van der Waals surface area contributed by atoms with Crippen LogP contribution in [0.3, 0.4) is 0 Å². The SMILES string of the molecule is CC[N+](C)(CC)c1ccc(C(=O)c2ccccc2)cc1. The van der Waals surface area contributed by atoms with E-state index in [9.17, 15) is 4.79 Å². The van der Waals surface area contributed by atoms with Crippen molar-refractivity contribution < 1.29 is 4.79 Å². The number of carbonyl (C=O) groups is 1. The highest BCUT2D eigenvalue weighted by Gasteiger charge is 2.20. The van der Waals surface area contributed by atoms with Gasteiger partial charge in [0.1, 0.15) is 5.69 Å². The van der Waals surface area contributed by atoms with Crippen molar-refractivity contribution in [2.75, 3.05) is 20.1 Å². The maximum absolute atomic E-state index is 12.3. The topological polar surface area (TPSA) is 17.1 Å². The van der Waals surface area contributed by atoms with E-state index in [1.165, 1.54) is 5.69 Å². The average molecular weight is 268 g/mol. The first-order valence-corrected chi connectivity index (χ1v) is 7.15. The molecule has 0 saturated carbocycles. The van der Waals surface area contributed by atoms with Crippen LogP contribution in [-0.2, 0) is 0 Å². The molecule has 0 heterocycles. The molecule has 0 N–H and O–H groups in total. The van der Waals surface area contributed by atoms with Gasteiger partial charge in [0.25, 0.3) is 0 Å². The quantitative estimate of drug-likeness (QED) is 0.594. The Morgan fingerprint density at radius 3 is 1.85 bits per heavy atom. The summed E-state index contributed by atoms with van der Waals surface area (Å²) in [5.74, 6) is 0.0827. The van der Waals surface area contributed by atoms with E-state index in [1.807, 2.05) is 42.5 Å². The fourth-order valence-corrected chi connectivity index (χ4v) is 2.32. The second kappa shape index (κ2) is 6.02. The van der Waals surface area contributed by atoms with E-state index < -0.39 is 0 Å². The van der Waals surface area contributed by atoms with Crippen LogP contribution < -0.4 is 4.48 Å². The molecule has 2 nitrogen and oxygen atoms in total. The molecular formula is C18H22NO+. The molecule has 0 atom stereocenters. The lowest BCUT2D eigenvalue weighted by Crippen LogP contribution is -2.44. The number of benzene rings is 2. The molecule has 0 aliphatic heterocycles. The van der Waals surface area contributed by atoms with E-state index in [0.29, 0.717) is 0 Å². The van der Waals surface area contributed by atoms with Gasteiger partial charge in [-0.2, -0.15) is 0 Å². The van der Waals surface area contributed by atoms with Gasteiger partial charge in [0.15, 0.2) is 5.78 Å². The van der Waals surface area contributed by atoms with Gasteiger partial charge in [-0.25, -0.2) is 0 Å². The van der Waals surface area contributed by atoms with Crippen molar-refractivity contribution in [2.24, 2.45) is 0 Å². The van der Waals surface area contributed by atoms with Gasteiger partial charge in [0, 0.05) is 11.1 Å². The molecule has 2 aromatic carbocycles. The number of ketones is 1. The first-order chi connectivity index (χ1) is 9.60. The molecule has 0 aliphatic rings. The molecule has 0 unspecified atom stereocenters. The standard InChI is InChI=1S/C18H22NO/c1-4-19(3,5-2)17-13-11-16(12-14-17)18(20)15-9-7-6-8-10-15/h6-14H,4-5H2,1-3H3/q+1. The Morgan fingerprint density at radius 2 is 1.35 bits per heavy atom. The zero-order valence-electron chi connectivity index (χ0n) is 12.5. The third-order valence-corrected chi connectivity index (χ3v) is 4.18. The Labute approximate surface area is 121 Å². The fourth-order valence-electron chi connectivity index (χ4n) is 2.32. The minimum Gasteiger partial charge on any atom is -0.294 e. The molecule has 0 aliphatic carbocycles. The summed E-state index contributed by atoms with van der Waals surface area (Å²) in [4.78, 5) is 12.3. The summed E-state index contributed by atoms with van der Waals surface area (Å²) in [6.07, 6.45) is 0. The zero-order chi connectivity index (χ0) is 14.6. The normalized spacial score (nSPS) is 11.3. The molecule has 0 spiro atoms. The summed E-state index contributed by atoms with van der Waals surface area (Å²) in [6, 6.07) is 17.4. The first-order valence-electron chi connectivity index (χ1n) is 7.15. The van der Waals surface area contributed by atoms with Crippen LogP contribution in [0, 0.1) is 0 Å². The summed E-state index contributed by atoms with van der Waals surface area (Å²) < 4.78 is 0.889. The van der Waals surface area contributed by atoms with E-state index in [2.05, 4.69) is 33.0 Å². The number of hydrogen-bond donors (Lipinski definition) is 0. The lowest BCUT2D eigenvalue weighted by molar-refractivity contribution is 0.103. The van der Waals surface area contributed by atoms with Crippen molar-refractivity contribution in [1.29, 1.82) is 0 Å². The molecule has 0 radical (unpaired) electrons. The fraction of sp³-hybridized carbons (Fsp3) is 0.278. The van der Waals surface area contributed by atoms with Crippen molar-refractivity contribution >= 4 is 11.5 Å². The summed E-state index contributed by atoms with van der Waals surface area (Å²) in [5, 5.41) is 0. The number of hydrogen-bond acceptors (Lipinski definition) is 1. The van der Waals surface area contributed by atoms with E-state index in [0.717, 1.165) is 28.7 Å². The van der Waals surface area contributed by atoms with Crippen LogP contribution in [0.15, 0.2) is 54.6 Å². The van der Waals surface area contributed by atoms with Gasteiger partial charge in [-0.05, 0) is 38.1 Å². The van der Waals surface area contributed by atoms with Crippen LogP contribution in [0.5, 0.6) is 0 Å². The molecule has 2 aromatic rings. The van der Waals surface area contributed by atoms with Crippen LogP contribution in [0.2, 0.25) is 0 Å².